The standard InChI is InChI=1S/C15H19N7O/c1-10(9-22(3)4)23-13-5-14(21-20-11(13)2)19-15-8-17-12(6-16)7-18-15/h5,7-8,10H,9H2,1-4H3,(H,18,19,21)/t10-/m1/s1. The maximum Gasteiger partial charge on any atom is 0.158 e. The highest BCUT2D eigenvalue weighted by molar-refractivity contribution is 5.52. The Hall–Kier alpha value is -2.79. The van der Waals surface area contributed by atoms with Gasteiger partial charge in [-0.05, 0) is 27.9 Å². The minimum absolute atomic E-state index is 0.0236. The lowest BCUT2D eigenvalue weighted by atomic mass is 10.3. The van der Waals surface area contributed by atoms with Crippen molar-refractivity contribution < 1.29 is 4.74 Å². The molecule has 1 N–H and O–H groups in total. The Bertz CT molecular complexity index is 694. The molecule has 0 bridgehead atoms. The predicted octanol–water partition coefficient (Wildman–Crippen LogP) is 1.52. The van der Waals surface area contributed by atoms with E-state index in [1.165, 1.54) is 12.4 Å². The lowest BCUT2D eigenvalue weighted by Gasteiger charge is -2.19. The summed E-state index contributed by atoms with van der Waals surface area (Å²) in [5.41, 5.74) is 0.971. The Morgan fingerprint density at radius 2 is 2.04 bits per heavy atom. The summed E-state index contributed by atoms with van der Waals surface area (Å²) in [6.45, 7) is 4.64. The number of hydrogen-bond donors (Lipinski definition) is 1. The fourth-order valence-corrected chi connectivity index (χ4v) is 1.97. The zero-order valence-corrected chi connectivity index (χ0v) is 13.6. The van der Waals surface area contributed by atoms with Crippen molar-refractivity contribution in [3.63, 3.8) is 0 Å². The monoisotopic (exact) mass is 313 g/mol. The SMILES string of the molecule is Cc1nnc(Nc2cnc(C#N)cn2)cc1O[C@H](C)CN(C)C. The number of anilines is 2. The van der Waals surface area contributed by atoms with E-state index in [4.69, 9.17) is 10.00 Å². The van der Waals surface area contributed by atoms with E-state index in [-0.39, 0.29) is 11.8 Å². The molecule has 0 spiro atoms. The first-order chi connectivity index (χ1) is 11.0. The first-order valence-electron chi connectivity index (χ1n) is 7.13. The van der Waals surface area contributed by atoms with E-state index in [0.29, 0.717) is 23.1 Å². The summed E-state index contributed by atoms with van der Waals surface area (Å²) in [6, 6.07) is 3.69. The van der Waals surface area contributed by atoms with Crippen molar-refractivity contribution in [2.45, 2.75) is 20.0 Å². The van der Waals surface area contributed by atoms with Crippen LogP contribution in [0.1, 0.15) is 18.3 Å². The molecule has 0 fully saturated rings. The van der Waals surface area contributed by atoms with Gasteiger partial charge in [0.25, 0.3) is 0 Å². The third-order valence-corrected chi connectivity index (χ3v) is 2.91. The summed E-state index contributed by atoms with van der Waals surface area (Å²) in [4.78, 5) is 10.1. The maximum absolute atomic E-state index is 8.72. The van der Waals surface area contributed by atoms with Gasteiger partial charge in [0.1, 0.15) is 29.4 Å². The molecule has 8 nitrogen and oxygen atoms in total. The van der Waals surface area contributed by atoms with Crippen molar-refractivity contribution in [1.29, 1.82) is 5.26 Å². The van der Waals surface area contributed by atoms with Gasteiger partial charge < -0.3 is 15.0 Å². The van der Waals surface area contributed by atoms with Gasteiger partial charge in [-0.1, -0.05) is 0 Å². The second-order valence-corrected chi connectivity index (χ2v) is 5.39. The first kappa shape index (κ1) is 16.6. The van der Waals surface area contributed by atoms with Crippen molar-refractivity contribution in [1.82, 2.24) is 25.1 Å². The van der Waals surface area contributed by atoms with Gasteiger partial charge in [-0.25, -0.2) is 9.97 Å². The van der Waals surface area contributed by atoms with Crippen LogP contribution in [0.3, 0.4) is 0 Å². The molecule has 2 aromatic rings. The van der Waals surface area contributed by atoms with Gasteiger partial charge in [-0.3, -0.25) is 0 Å². The molecule has 23 heavy (non-hydrogen) atoms. The first-order valence-corrected chi connectivity index (χ1v) is 7.13. The van der Waals surface area contributed by atoms with Gasteiger partial charge in [0.15, 0.2) is 11.5 Å². The van der Waals surface area contributed by atoms with Crippen LogP contribution in [0, 0.1) is 18.3 Å². The Morgan fingerprint density at radius 3 is 2.65 bits per heavy atom. The third-order valence-electron chi connectivity index (χ3n) is 2.91. The van der Waals surface area contributed by atoms with E-state index < -0.39 is 0 Å². The molecule has 0 amide bonds. The number of nitrogens with zero attached hydrogens (tertiary/aromatic N) is 6. The Kier molecular flexibility index (Phi) is 5.38. The molecule has 0 aromatic carbocycles. The number of nitrogens with one attached hydrogen (secondary N) is 1. The van der Waals surface area contributed by atoms with Gasteiger partial charge in [0.05, 0.1) is 12.4 Å². The van der Waals surface area contributed by atoms with Gasteiger partial charge in [-0.15, -0.1) is 10.2 Å². The maximum atomic E-state index is 8.72. The molecule has 0 saturated carbocycles. The average molecular weight is 313 g/mol. The summed E-state index contributed by atoms with van der Waals surface area (Å²) < 4.78 is 5.91. The summed E-state index contributed by atoms with van der Waals surface area (Å²) in [6.07, 6.45) is 2.88. The van der Waals surface area contributed by atoms with Crippen LogP contribution in [-0.4, -0.2) is 51.8 Å². The molecule has 0 radical (unpaired) electrons. The molecule has 0 aliphatic carbocycles. The van der Waals surface area contributed by atoms with Crippen LogP contribution in [0.4, 0.5) is 11.6 Å². The minimum Gasteiger partial charge on any atom is -0.487 e. The molecule has 2 rings (SSSR count). The van der Waals surface area contributed by atoms with Crippen LogP contribution < -0.4 is 10.1 Å². The van der Waals surface area contributed by atoms with Crippen LogP contribution in [0.25, 0.3) is 0 Å². The third kappa shape index (κ3) is 4.86. The second kappa shape index (κ2) is 7.47. The Labute approximate surface area is 135 Å². The molecule has 0 aliphatic heterocycles. The smallest absolute Gasteiger partial charge is 0.158 e. The van der Waals surface area contributed by atoms with E-state index in [2.05, 4.69) is 30.4 Å². The summed E-state index contributed by atoms with van der Waals surface area (Å²) in [5, 5.41) is 19.9. The van der Waals surface area contributed by atoms with Gasteiger partial charge in [-0.2, -0.15) is 5.26 Å². The zero-order valence-electron chi connectivity index (χ0n) is 13.6. The topological polar surface area (TPSA) is 99.9 Å². The van der Waals surface area contributed by atoms with Gasteiger partial charge in [0, 0.05) is 12.6 Å². The molecular weight excluding hydrogens is 294 g/mol. The number of aryl methyl sites for hydroxylation is 1. The number of ether oxygens (including phenoxy) is 1. The van der Waals surface area contributed by atoms with Crippen molar-refractivity contribution in [3.8, 4) is 11.8 Å². The van der Waals surface area contributed by atoms with Crippen molar-refractivity contribution in [2.75, 3.05) is 26.0 Å². The Balaban J connectivity index is 2.11. The van der Waals surface area contributed by atoms with Crippen LogP contribution in [0.2, 0.25) is 0 Å². The van der Waals surface area contributed by atoms with Crippen molar-refractivity contribution >= 4 is 11.6 Å². The zero-order chi connectivity index (χ0) is 16.8. The fraction of sp³-hybridized carbons (Fsp3) is 0.400. The largest absolute Gasteiger partial charge is 0.487 e. The van der Waals surface area contributed by atoms with Crippen LogP contribution >= 0.6 is 0 Å². The number of nitriles is 1. The average Bonchev–Trinajstić information content (AvgIpc) is 2.50. The number of hydrogen-bond acceptors (Lipinski definition) is 8. The summed E-state index contributed by atoms with van der Waals surface area (Å²) >= 11 is 0. The minimum atomic E-state index is 0.0236. The highest BCUT2D eigenvalue weighted by Gasteiger charge is 2.11. The molecule has 0 unspecified atom stereocenters. The van der Waals surface area contributed by atoms with E-state index >= 15 is 0 Å². The number of likely N-dealkylation sites (N-methyl/N-ethyl adjacent to an activating group) is 1. The van der Waals surface area contributed by atoms with E-state index in [0.717, 1.165) is 6.54 Å². The van der Waals surface area contributed by atoms with E-state index in [1.807, 2.05) is 34.0 Å². The molecule has 0 aliphatic rings. The second-order valence-electron chi connectivity index (χ2n) is 5.39. The van der Waals surface area contributed by atoms with Crippen LogP contribution in [0.5, 0.6) is 5.75 Å². The Morgan fingerprint density at radius 1 is 1.26 bits per heavy atom. The van der Waals surface area contributed by atoms with E-state index in [1.54, 1.807) is 6.07 Å². The number of aromatic nitrogens is 4. The summed E-state index contributed by atoms with van der Waals surface area (Å²) in [5.74, 6) is 1.65. The van der Waals surface area contributed by atoms with Crippen LogP contribution in [-0.2, 0) is 0 Å². The fourth-order valence-electron chi connectivity index (χ4n) is 1.97. The van der Waals surface area contributed by atoms with Crippen molar-refractivity contribution in [3.05, 3.63) is 29.8 Å². The van der Waals surface area contributed by atoms with Gasteiger partial charge >= 0.3 is 0 Å². The highest BCUT2D eigenvalue weighted by atomic mass is 16.5. The van der Waals surface area contributed by atoms with Crippen LogP contribution in [0.15, 0.2) is 18.5 Å². The van der Waals surface area contributed by atoms with Crippen molar-refractivity contribution in [2.24, 2.45) is 0 Å². The number of rotatable bonds is 6. The highest BCUT2D eigenvalue weighted by Crippen LogP contribution is 2.21. The predicted molar refractivity (Wildman–Crippen MR) is 85.4 cm³/mol. The molecule has 8 heteroatoms. The molecule has 2 heterocycles. The summed E-state index contributed by atoms with van der Waals surface area (Å²) in [7, 11) is 3.99. The molecule has 2 aromatic heterocycles. The van der Waals surface area contributed by atoms with Gasteiger partial charge in [0.2, 0.25) is 0 Å². The normalized spacial score (nSPS) is 11.8. The molecular formula is C15H19N7O. The molecule has 120 valence electrons. The lowest BCUT2D eigenvalue weighted by Crippen LogP contribution is -2.28. The lowest BCUT2D eigenvalue weighted by molar-refractivity contribution is 0.175. The van der Waals surface area contributed by atoms with E-state index in [9.17, 15) is 0 Å². The quantitative estimate of drug-likeness (QED) is 0.856. The molecule has 1 atom stereocenters. The molecule has 0 saturated heterocycles.